The van der Waals surface area contributed by atoms with Gasteiger partial charge in [-0.1, -0.05) is 0 Å². The van der Waals surface area contributed by atoms with Gasteiger partial charge in [-0.15, -0.1) is 0 Å². The summed E-state index contributed by atoms with van der Waals surface area (Å²) in [6, 6.07) is 0. The minimum Gasteiger partial charge on any atom is -0.350 e. The molecular formula is C21H35N5O4S. The van der Waals surface area contributed by atoms with Crippen molar-refractivity contribution in [1.82, 2.24) is 24.3 Å². The third-order valence-corrected chi connectivity index (χ3v) is 7.99. The average Bonchev–Trinajstić information content (AvgIpc) is 3.28. The second kappa shape index (κ2) is 8.90. The Kier molecular flexibility index (Phi) is 6.81. The molecule has 2 aliphatic heterocycles. The van der Waals surface area contributed by atoms with Crippen molar-refractivity contribution in [2.45, 2.75) is 77.3 Å². The molecule has 0 aliphatic carbocycles. The van der Waals surface area contributed by atoms with Crippen LogP contribution in [0, 0.1) is 19.8 Å². The fraction of sp³-hybridized carbons (Fsp3) is 0.762. The van der Waals surface area contributed by atoms with Gasteiger partial charge in [0.15, 0.2) is 0 Å². The van der Waals surface area contributed by atoms with E-state index in [1.807, 2.05) is 25.7 Å². The molecule has 2 fully saturated rings. The van der Waals surface area contributed by atoms with E-state index in [1.54, 1.807) is 13.8 Å². The molecule has 0 unspecified atom stereocenters. The van der Waals surface area contributed by atoms with Crippen molar-refractivity contribution >= 4 is 21.8 Å². The summed E-state index contributed by atoms with van der Waals surface area (Å²) in [7, 11) is -3.82. The van der Waals surface area contributed by atoms with Gasteiger partial charge >= 0.3 is 0 Å². The van der Waals surface area contributed by atoms with Crippen LogP contribution in [0.1, 0.15) is 57.8 Å². The Morgan fingerprint density at radius 3 is 2.35 bits per heavy atom. The molecular weight excluding hydrogens is 418 g/mol. The Balaban J connectivity index is 1.79. The summed E-state index contributed by atoms with van der Waals surface area (Å²) in [5.74, 6) is -0.452. The molecule has 0 spiro atoms. The number of nitrogens with one attached hydrogen (secondary N) is 1. The molecule has 0 bridgehead atoms. The summed E-state index contributed by atoms with van der Waals surface area (Å²) in [4.78, 5) is 27.2. The first kappa shape index (κ1) is 23.7. The highest BCUT2D eigenvalue weighted by molar-refractivity contribution is 7.89. The summed E-state index contributed by atoms with van der Waals surface area (Å²) in [6.07, 6.45) is 3.40. The number of piperidine rings is 1. The molecule has 10 heteroatoms. The molecule has 3 heterocycles. The number of likely N-dealkylation sites (tertiary alicyclic amines) is 1. The maximum absolute atomic E-state index is 13.5. The zero-order valence-corrected chi connectivity index (χ0v) is 20.1. The summed E-state index contributed by atoms with van der Waals surface area (Å²) >= 11 is 0. The first-order valence-electron chi connectivity index (χ1n) is 11.0. The number of sulfonamides is 1. The van der Waals surface area contributed by atoms with Crippen LogP contribution >= 0.6 is 0 Å². The number of hydrogen-bond donors (Lipinski definition) is 1. The van der Waals surface area contributed by atoms with E-state index >= 15 is 0 Å². The van der Waals surface area contributed by atoms with Crippen LogP contribution in [0.5, 0.6) is 0 Å². The number of carbonyl (C=O) groups is 2. The van der Waals surface area contributed by atoms with Crippen LogP contribution in [-0.4, -0.2) is 70.9 Å². The molecule has 9 nitrogen and oxygen atoms in total. The zero-order valence-electron chi connectivity index (χ0n) is 19.3. The van der Waals surface area contributed by atoms with Crippen molar-refractivity contribution in [2.75, 3.05) is 26.2 Å². The SMILES string of the molecule is Cc1nn(CC(=O)NC(C)(C)C)c(C)c1S(=O)(=O)N1CCC[C@@H](C(=O)N2CCCC2)C1. The highest BCUT2D eigenvalue weighted by Gasteiger charge is 2.38. The Morgan fingerprint density at radius 2 is 1.74 bits per heavy atom. The van der Waals surface area contributed by atoms with E-state index in [4.69, 9.17) is 0 Å². The van der Waals surface area contributed by atoms with Crippen molar-refractivity contribution < 1.29 is 18.0 Å². The standard InChI is InChI=1S/C21H35N5O4S/c1-15-19(16(2)26(23-15)14-18(27)22-21(3,4)5)31(29,30)25-12-8-9-17(13-25)20(28)24-10-6-7-11-24/h17H,6-14H2,1-5H3,(H,22,27)/t17-/m1/s1. The largest absolute Gasteiger partial charge is 0.350 e. The van der Waals surface area contributed by atoms with Crippen LogP contribution in [0.15, 0.2) is 4.90 Å². The van der Waals surface area contributed by atoms with E-state index < -0.39 is 10.0 Å². The molecule has 2 amide bonds. The second-order valence-corrected chi connectivity index (χ2v) is 11.6. The number of aromatic nitrogens is 2. The summed E-state index contributed by atoms with van der Waals surface area (Å²) in [6.45, 7) is 11.1. The molecule has 0 aromatic carbocycles. The zero-order chi connectivity index (χ0) is 23.0. The first-order valence-corrected chi connectivity index (χ1v) is 12.5. The molecule has 2 aliphatic rings. The van der Waals surface area contributed by atoms with Gasteiger partial charge in [-0.25, -0.2) is 8.42 Å². The Bertz CT molecular complexity index is 942. The van der Waals surface area contributed by atoms with E-state index in [0.29, 0.717) is 30.8 Å². The van der Waals surface area contributed by atoms with Crippen LogP contribution in [0.4, 0.5) is 0 Å². The van der Waals surface area contributed by atoms with Crippen molar-refractivity contribution in [1.29, 1.82) is 0 Å². The maximum Gasteiger partial charge on any atom is 0.246 e. The highest BCUT2D eigenvalue weighted by Crippen LogP contribution is 2.29. The molecule has 3 rings (SSSR count). The van der Waals surface area contributed by atoms with Crippen LogP contribution in [0.25, 0.3) is 0 Å². The lowest BCUT2D eigenvalue weighted by Gasteiger charge is -2.33. The molecule has 1 atom stereocenters. The van der Waals surface area contributed by atoms with E-state index in [-0.39, 0.29) is 41.3 Å². The fourth-order valence-electron chi connectivity index (χ4n) is 4.49. The highest BCUT2D eigenvalue weighted by atomic mass is 32.2. The summed E-state index contributed by atoms with van der Waals surface area (Å²) < 4.78 is 29.9. The molecule has 1 N–H and O–H groups in total. The van der Waals surface area contributed by atoms with Crippen LogP contribution in [0.2, 0.25) is 0 Å². The Hall–Kier alpha value is -1.94. The third-order valence-electron chi connectivity index (χ3n) is 5.87. The summed E-state index contributed by atoms with van der Waals surface area (Å²) in [5, 5.41) is 7.20. The lowest BCUT2D eigenvalue weighted by atomic mass is 9.98. The van der Waals surface area contributed by atoms with Crippen LogP contribution in [-0.2, 0) is 26.2 Å². The van der Waals surface area contributed by atoms with Crippen LogP contribution in [0.3, 0.4) is 0 Å². The van der Waals surface area contributed by atoms with E-state index in [0.717, 1.165) is 25.9 Å². The molecule has 1 aromatic heterocycles. The molecule has 174 valence electrons. The van der Waals surface area contributed by atoms with Crippen molar-refractivity contribution in [3.05, 3.63) is 11.4 Å². The van der Waals surface area contributed by atoms with Gasteiger partial charge in [0.2, 0.25) is 21.8 Å². The molecule has 0 radical (unpaired) electrons. The monoisotopic (exact) mass is 453 g/mol. The first-order chi connectivity index (χ1) is 14.4. The number of aryl methyl sites for hydroxylation is 1. The summed E-state index contributed by atoms with van der Waals surface area (Å²) in [5.41, 5.74) is 0.427. The predicted molar refractivity (Wildman–Crippen MR) is 117 cm³/mol. The molecule has 2 saturated heterocycles. The van der Waals surface area contributed by atoms with E-state index in [1.165, 1.54) is 8.99 Å². The third kappa shape index (κ3) is 5.28. The van der Waals surface area contributed by atoms with Crippen LogP contribution < -0.4 is 5.32 Å². The van der Waals surface area contributed by atoms with Gasteiger partial charge in [-0.05, 0) is 60.3 Å². The number of amides is 2. The topological polar surface area (TPSA) is 105 Å². The smallest absolute Gasteiger partial charge is 0.246 e. The molecule has 1 aromatic rings. The Labute approximate surface area is 185 Å². The number of carbonyl (C=O) groups excluding carboxylic acids is 2. The fourth-order valence-corrected chi connectivity index (χ4v) is 6.39. The molecule has 31 heavy (non-hydrogen) atoms. The van der Waals surface area contributed by atoms with Gasteiger partial charge < -0.3 is 10.2 Å². The van der Waals surface area contributed by atoms with E-state index in [2.05, 4.69) is 10.4 Å². The minimum atomic E-state index is -3.82. The van der Waals surface area contributed by atoms with Crippen molar-refractivity contribution in [2.24, 2.45) is 5.92 Å². The van der Waals surface area contributed by atoms with Gasteiger partial charge in [0.1, 0.15) is 11.4 Å². The number of nitrogens with zero attached hydrogens (tertiary/aromatic N) is 4. The van der Waals surface area contributed by atoms with Gasteiger partial charge in [0, 0.05) is 31.7 Å². The maximum atomic E-state index is 13.5. The van der Waals surface area contributed by atoms with Crippen molar-refractivity contribution in [3.8, 4) is 0 Å². The lowest BCUT2D eigenvalue weighted by Crippen LogP contribution is -2.46. The van der Waals surface area contributed by atoms with Crippen molar-refractivity contribution in [3.63, 3.8) is 0 Å². The number of hydrogen-bond acceptors (Lipinski definition) is 5. The molecule has 0 saturated carbocycles. The van der Waals surface area contributed by atoms with Gasteiger partial charge in [0.05, 0.1) is 17.3 Å². The normalized spacial score (nSPS) is 20.8. The van der Waals surface area contributed by atoms with Gasteiger partial charge in [0.25, 0.3) is 0 Å². The average molecular weight is 454 g/mol. The van der Waals surface area contributed by atoms with E-state index in [9.17, 15) is 18.0 Å². The lowest BCUT2D eigenvalue weighted by molar-refractivity contribution is -0.135. The number of rotatable bonds is 5. The second-order valence-electron chi connectivity index (χ2n) is 9.69. The minimum absolute atomic E-state index is 0.0461. The van der Waals surface area contributed by atoms with Gasteiger partial charge in [-0.3, -0.25) is 14.3 Å². The quantitative estimate of drug-likeness (QED) is 0.726. The van der Waals surface area contributed by atoms with Gasteiger partial charge in [-0.2, -0.15) is 9.40 Å². The Morgan fingerprint density at radius 1 is 1.10 bits per heavy atom. The predicted octanol–water partition coefficient (Wildman–Crippen LogP) is 1.44.